The fraction of sp³-hybridized carbons (Fsp3) is 0.130. The molecule has 154 valence electrons. The summed E-state index contributed by atoms with van der Waals surface area (Å²) in [6, 6.07) is 18.0. The normalized spacial score (nSPS) is 10.8. The number of hydrogen-bond acceptors (Lipinski definition) is 4. The van der Waals surface area contributed by atoms with Gasteiger partial charge in [-0.1, -0.05) is 23.7 Å². The second-order valence-corrected chi connectivity index (χ2v) is 6.70. The van der Waals surface area contributed by atoms with E-state index in [4.69, 9.17) is 21.1 Å². The van der Waals surface area contributed by atoms with Crippen LogP contribution in [0.25, 0.3) is 0 Å². The average Bonchev–Trinajstić information content (AvgIpc) is 2.75. The molecule has 0 saturated carbocycles. The Morgan fingerprint density at radius 2 is 1.77 bits per heavy atom. The lowest BCUT2D eigenvalue weighted by Gasteiger charge is -2.12. The van der Waals surface area contributed by atoms with E-state index in [1.54, 1.807) is 18.2 Å². The van der Waals surface area contributed by atoms with Gasteiger partial charge in [-0.2, -0.15) is 5.10 Å². The number of rotatable bonds is 8. The van der Waals surface area contributed by atoms with Crippen LogP contribution in [0.3, 0.4) is 0 Å². The van der Waals surface area contributed by atoms with Gasteiger partial charge in [-0.3, -0.25) is 4.79 Å². The fourth-order valence-corrected chi connectivity index (χ4v) is 2.69. The lowest BCUT2D eigenvalue weighted by Crippen LogP contribution is -2.17. The third kappa shape index (κ3) is 6.06. The number of carbonyl (C=O) groups excluding carboxylic acids is 1. The van der Waals surface area contributed by atoms with E-state index >= 15 is 0 Å². The lowest BCUT2D eigenvalue weighted by atomic mass is 10.2. The maximum Gasteiger partial charge on any atom is 0.271 e. The molecule has 5 nitrogen and oxygen atoms in total. The highest BCUT2D eigenvalue weighted by Crippen LogP contribution is 2.29. The zero-order valence-electron chi connectivity index (χ0n) is 16.3. The van der Waals surface area contributed by atoms with Gasteiger partial charge in [-0.05, 0) is 72.6 Å². The smallest absolute Gasteiger partial charge is 0.271 e. The first-order valence-corrected chi connectivity index (χ1v) is 9.66. The highest BCUT2D eigenvalue weighted by atomic mass is 35.5. The van der Waals surface area contributed by atoms with Crippen molar-refractivity contribution in [2.75, 3.05) is 6.61 Å². The average molecular weight is 427 g/mol. The van der Waals surface area contributed by atoms with E-state index in [1.165, 1.54) is 30.5 Å². The van der Waals surface area contributed by atoms with Gasteiger partial charge < -0.3 is 9.47 Å². The van der Waals surface area contributed by atoms with Crippen molar-refractivity contribution in [2.24, 2.45) is 5.10 Å². The van der Waals surface area contributed by atoms with Gasteiger partial charge in [0.1, 0.15) is 12.4 Å². The van der Waals surface area contributed by atoms with Gasteiger partial charge in [0, 0.05) is 10.6 Å². The van der Waals surface area contributed by atoms with Crippen LogP contribution in [-0.4, -0.2) is 18.7 Å². The summed E-state index contributed by atoms with van der Waals surface area (Å²) >= 11 is 5.90. The van der Waals surface area contributed by atoms with Crippen LogP contribution in [0, 0.1) is 5.82 Å². The number of hydrazone groups is 1. The standard InChI is InChI=1S/C23H20ClFN2O3/c1-2-29-22-13-17(14-26-27-23(28)18-6-10-20(25)11-7-18)5-12-21(22)30-15-16-3-8-19(24)9-4-16/h3-14H,2,15H2,1H3,(H,27,28)/b26-14-. The molecule has 3 aromatic carbocycles. The van der Waals surface area contributed by atoms with Gasteiger partial charge in [0.2, 0.25) is 0 Å². The Labute approximate surface area is 179 Å². The molecule has 1 N–H and O–H groups in total. The summed E-state index contributed by atoms with van der Waals surface area (Å²) in [5.41, 5.74) is 4.43. The van der Waals surface area contributed by atoms with Crippen molar-refractivity contribution >= 4 is 23.7 Å². The van der Waals surface area contributed by atoms with Crippen molar-refractivity contribution in [1.82, 2.24) is 5.43 Å². The summed E-state index contributed by atoms with van der Waals surface area (Å²) in [4.78, 5) is 12.0. The third-order valence-electron chi connectivity index (χ3n) is 4.06. The minimum absolute atomic E-state index is 0.314. The summed E-state index contributed by atoms with van der Waals surface area (Å²) in [6.45, 7) is 2.73. The molecule has 0 aliphatic carbocycles. The molecule has 0 heterocycles. The Bertz CT molecular complexity index is 1020. The molecule has 0 aliphatic rings. The van der Waals surface area contributed by atoms with Crippen molar-refractivity contribution in [3.05, 3.63) is 94.3 Å². The van der Waals surface area contributed by atoms with E-state index in [9.17, 15) is 9.18 Å². The summed E-state index contributed by atoms with van der Waals surface area (Å²) in [7, 11) is 0. The molecule has 3 aromatic rings. The Kier molecular flexibility index (Phi) is 7.40. The maximum absolute atomic E-state index is 12.9. The monoisotopic (exact) mass is 426 g/mol. The molecular formula is C23H20ClFN2O3. The van der Waals surface area contributed by atoms with Gasteiger partial charge in [0.25, 0.3) is 5.91 Å². The van der Waals surface area contributed by atoms with Crippen molar-refractivity contribution < 1.29 is 18.7 Å². The van der Waals surface area contributed by atoms with E-state index in [-0.39, 0.29) is 0 Å². The van der Waals surface area contributed by atoms with Crippen molar-refractivity contribution in [1.29, 1.82) is 0 Å². The summed E-state index contributed by atoms with van der Waals surface area (Å²) in [5, 5.41) is 4.62. The van der Waals surface area contributed by atoms with Crippen LogP contribution < -0.4 is 14.9 Å². The molecule has 0 aromatic heterocycles. The van der Waals surface area contributed by atoms with Gasteiger partial charge in [-0.15, -0.1) is 0 Å². The van der Waals surface area contributed by atoms with E-state index in [1.807, 2.05) is 31.2 Å². The van der Waals surface area contributed by atoms with E-state index in [0.717, 1.165) is 11.1 Å². The molecular weight excluding hydrogens is 407 g/mol. The van der Waals surface area contributed by atoms with Crippen LogP contribution >= 0.6 is 11.6 Å². The van der Waals surface area contributed by atoms with Crippen molar-refractivity contribution in [3.63, 3.8) is 0 Å². The second kappa shape index (κ2) is 10.4. The number of ether oxygens (including phenoxy) is 2. The van der Waals surface area contributed by atoms with Gasteiger partial charge in [0.15, 0.2) is 11.5 Å². The third-order valence-corrected chi connectivity index (χ3v) is 4.31. The molecule has 0 radical (unpaired) electrons. The summed E-state index contributed by atoms with van der Waals surface area (Å²) in [6.07, 6.45) is 1.49. The molecule has 1 amide bonds. The topological polar surface area (TPSA) is 59.9 Å². The van der Waals surface area contributed by atoms with Crippen LogP contribution in [0.5, 0.6) is 11.5 Å². The first-order chi connectivity index (χ1) is 14.5. The van der Waals surface area contributed by atoms with Crippen LogP contribution in [-0.2, 0) is 6.61 Å². The first-order valence-electron chi connectivity index (χ1n) is 9.28. The molecule has 3 rings (SSSR count). The molecule has 7 heteroatoms. The number of hydrogen-bond donors (Lipinski definition) is 1. The molecule has 0 spiro atoms. The van der Waals surface area contributed by atoms with Crippen LogP contribution in [0.2, 0.25) is 5.02 Å². The number of nitrogens with zero attached hydrogens (tertiary/aromatic N) is 1. The number of halogens is 2. The predicted octanol–water partition coefficient (Wildman–Crippen LogP) is 5.22. The molecule has 0 atom stereocenters. The van der Waals surface area contributed by atoms with Gasteiger partial charge >= 0.3 is 0 Å². The van der Waals surface area contributed by atoms with E-state index < -0.39 is 11.7 Å². The first kappa shape index (κ1) is 21.3. The molecule has 0 fully saturated rings. The van der Waals surface area contributed by atoms with Crippen LogP contribution in [0.15, 0.2) is 71.8 Å². The summed E-state index contributed by atoms with van der Waals surface area (Å²) < 4.78 is 24.5. The van der Waals surface area contributed by atoms with Crippen molar-refractivity contribution in [2.45, 2.75) is 13.5 Å². The number of benzene rings is 3. The van der Waals surface area contributed by atoms with E-state index in [2.05, 4.69) is 10.5 Å². The Morgan fingerprint density at radius 1 is 1.03 bits per heavy atom. The zero-order chi connectivity index (χ0) is 21.3. The molecule has 0 bridgehead atoms. The molecule has 0 unspecified atom stereocenters. The minimum Gasteiger partial charge on any atom is -0.490 e. The zero-order valence-corrected chi connectivity index (χ0v) is 17.0. The van der Waals surface area contributed by atoms with Crippen molar-refractivity contribution in [3.8, 4) is 11.5 Å². The van der Waals surface area contributed by atoms with Gasteiger partial charge in [0.05, 0.1) is 12.8 Å². The number of amides is 1. The lowest BCUT2D eigenvalue weighted by molar-refractivity contribution is 0.0955. The van der Waals surface area contributed by atoms with Crippen LogP contribution in [0.1, 0.15) is 28.4 Å². The highest BCUT2D eigenvalue weighted by molar-refractivity contribution is 6.30. The number of nitrogens with one attached hydrogen (secondary N) is 1. The Balaban J connectivity index is 1.64. The SMILES string of the molecule is CCOc1cc(/C=N\NC(=O)c2ccc(F)cc2)ccc1OCc1ccc(Cl)cc1. The minimum atomic E-state index is -0.431. The predicted molar refractivity (Wildman–Crippen MR) is 115 cm³/mol. The quantitative estimate of drug-likeness (QED) is 0.397. The second-order valence-electron chi connectivity index (χ2n) is 6.26. The Hall–Kier alpha value is -3.38. The highest BCUT2D eigenvalue weighted by Gasteiger charge is 2.07. The van der Waals surface area contributed by atoms with Crippen LogP contribution in [0.4, 0.5) is 4.39 Å². The maximum atomic E-state index is 12.9. The molecule has 0 saturated heterocycles. The summed E-state index contributed by atoms with van der Waals surface area (Å²) in [5.74, 6) is 0.329. The fourth-order valence-electron chi connectivity index (χ4n) is 2.57. The number of carbonyl (C=O) groups is 1. The molecule has 30 heavy (non-hydrogen) atoms. The Morgan fingerprint density at radius 3 is 2.47 bits per heavy atom. The van der Waals surface area contributed by atoms with Gasteiger partial charge in [-0.25, -0.2) is 9.82 Å². The van der Waals surface area contributed by atoms with E-state index in [0.29, 0.717) is 35.3 Å². The molecule has 0 aliphatic heterocycles. The largest absolute Gasteiger partial charge is 0.490 e.